The highest BCUT2D eigenvalue weighted by Crippen LogP contribution is 2.30. The lowest BCUT2D eigenvalue weighted by molar-refractivity contribution is -0.157. The second kappa shape index (κ2) is 10.8. The van der Waals surface area contributed by atoms with Gasteiger partial charge in [-0.15, -0.1) is 0 Å². The number of aromatic nitrogens is 1. The van der Waals surface area contributed by atoms with Gasteiger partial charge in [0.25, 0.3) is 0 Å². The molecule has 1 aliphatic carbocycles. The Morgan fingerprint density at radius 3 is 2.17 bits per heavy atom. The summed E-state index contributed by atoms with van der Waals surface area (Å²) in [5, 5.41) is 0. The number of pyridine rings is 1. The van der Waals surface area contributed by atoms with Crippen molar-refractivity contribution in [1.82, 2.24) is 9.88 Å². The Morgan fingerprint density at radius 1 is 1.00 bits per heavy atom. The maximum Gasteiger partial charge on any atom is 0.309 e. The normalized spacial score (nSPS) is 21.3. The number of hydrogen-bond acceptors (Lipinski definition) is 6. The molecule has 3 heterocycles. The van der Waals surface area contributed by atoms with Crippen LogP contribution in [0, 0.1) is 5.92 Å². The van der Waals surface area contributed by atoms with E-state index in [0.717, 1.165) is 63.7 Å². The number of ether oxygens (including phenoxy) is 1. The van der Waals surface area contributed by atoms with Crippen LogP contribution in [0.5, 0.6) is 0 Å². The zero-order valence-electron chi connectivity index (χ0n) is 18.4. The molecular formula is C23H36N4O3. The van der Waals surface area contributed by atoms with E-state index in [1.54, 1.807) is 6.07 Å². The van der Waals surface area contributed by atoms with Gasteiger partial charge in [0.05, 0.1) is 11.5 Å². The lowest BCUT2D eigenvalue weighted by atomic mass is 9.88. The van der Waals surface area contributed by atoms with E-state index in [1.807, 2.05) is 19.9 Å². The number of carbonyl (C=O) groups is 2. The van der Waals surface area contributed by atoms with Crippen LogP contribution in [-0.4, -0.2) is 60.1 Å². The first-order chi connectivity index (χ1) is 14.6. The van der Waals surface area contributed by atoms with Crippen molar-refractivity contribution < 1.29 is 14.3 Å². The molecule has 1 saturated carbocycles. The van der Waals surface area contributed by atoms with Gasteiger partial charge in [-0.1, -0.05) is 20.3 Å². The van der Waals surface area contributed by atoms with E-state index in [0.29, 0.717) is 5.56 Å². The minimum absolute atomic E-state index is 0.00157. The predicted octanol–water partition coefficient (Wildman–Crippen LogP) is 2.98. The van der Waals surface area contributed by atoms with Gasteiger partial charge in [-0.05, 0) is 50.9 Å². The lowest BCUT2D eigenvalue weighted by Crippen LogP contribution is -2.46. The van der Waals surface area contributed by atoms with Gasteiger partial charge in [-0.25, -0.2) is 4.98 Å². The summed E-state index contributed by atoms with van der Waals surface area (Å²) in [5.74, 6) is 0.425. The van der Waals surface area contributed by atoms with E-state index in [-0.39, 0.29) is 18.0 Å². The second-order valence-electron chi connectivity index (χ2n) is 8.29. The van der Waals surface area contributed by atoms with E-state index in [9.17, 15) is 9.59 Å². The molecule has 1 amide bonds. The van der Waals surface area contributed by atoms with Crippen molar-refractivity contribution >= 4 is 17.7 Å². The van der Waals surface area contributed by atoms with Crippen LogP contribution in [0.4, 0.5) is 5.82 Å². The van der Waals surface area contributed by atoms with E-state index in [2.05, 4.69) is 14.8 Å². The third-order valence-corrected chi connectivity index (χ3v) is 6.54. The summed E-state index contributed by atoms with van der Waals surface area (Å²) >= 11 is 0. The fourth-order valence-corrected chi connectivity index (χ4v) is 4.43. The topological polar surface area (TPSA) is 88.8 Å². The third-order valence-electron chi connectivity index (χ3n) is 6.54. The highest BCUT2D eigenvalue weighted by molar-refractivity contribution is 5.92. The third kappa shape index (κ3) is 5.50. The molecule has 2 aliphatic heterocycles. The van der Waals surface area contributed by atoms with Crippen LogP contribution in [0.3, 0.4) is 0 Å². The Bertz CT molecular complexity index is 689. The summed E-state index contributed by atoms with van der Waals surface area (Å²) in [4.78, 5) is 32.8. The van der Waals surface area contributed by atoms with Crippen molar-refractivity contribution in [2.75, 3.05) is 31.1 Å². The van der Waals surface area contributed by atoms with Gasteiger partial charge in [-0.3, -0.25) is 9.59 Å². The average molecular weight is 417 g/mol. The Kier molecular flexibility index (Phi) is 8.08. The molecule has 0 unspecified atom stereocenters. The number of likely N-dealkylation sites (tertiary alicyclic amines) is 1. The molecule has 1 aromatic heterocycles. The Hall–Kier alpha value is -2.15. The van der Waals surface area contributed by atoms with Crippen LogP contribution in [0.2, 0.25) is 0 Å². The van der Waals surface area contributed by atoms with Crippen LogP contribution in [0.15, 0.2) is 18.3 Å². The number of nitrogens with two attached hydrogens (primary N) is 1. The van der Waals surface area contributed by atoms with Gasteiger partial charge in [-0.2, -0.15) is 0 Å². The summed E-state index contributed by atoms with van der Waals surface area (Å²) in [7, 11) is 0. The minimum Gasteiger partial charge on any atom is -0.462 e. The van der Waals surface area contributed by atoms with E-state index < -0.39 is 5.91 Å². The number of primary amides is 1. The molecule has 2 saturated heterocycles. The van der Waals surface area contributed by atoms with Crippen LogP contribution >= 0.6 is 0 Å². The monoisotopic (exact) mass is 416 g/mol. The van der Waals surface area contributed by atoms with Crippen LogP contribution in [-0.2, 0) is 9.53 Å². The molecule has 0 radical (unpaired) electrons. The summed E-state index contributed by atoms with van der Waals surface area (Å²) in [5.41, 5.74) is 5.67. The van der Waals surface area contributed by atoms with Gasteiger partial charge in [0.15, 0.2) is 0 Å². The first-order valence-electron chi connectivity index (χ1n) is 11.6. The number of rotatable bonds is 5. The molecule has 4 rings (SSSR count). The molecule has 166 valence electrons. The number of amides is 1. The van der Waals surface area contributed by atoms with Crippen LogP contribution in [0.1, 0.15) is 69.2 Å². The molecule has 1 aromatic rings. The summed E-state index contributed by atoms with van der Waals surface area (Å²) in [6.45, 7) is 7.66. The van der Waals surface area contributed by atoms with Crippen molar-refractivity contribution in [2.45, 2.75) is 70.9 Å². The lowest BCUT2D eigenvalue weighted by Gasteiger charge is -2.41. The molecule has 7 heteroatoms. The smallest absolute Gasteiger partial charge is 0.309 e. The van der Waals surface area contributed by atoms with Gasteiger partial charge < -0.3 is 20.3 Å². The molecule has 0 spiro atoms. The van der Waals surface area contributed by atoms with Crippen molar-refractivity contribution in [3.8, 4) is 0 Å². The van der Waals surface area contributed by atoms with Crippen molar-refractivity contribution in [2.24, 2.45) is 11.7 Å². The quantitative estimate of drug-likeness (QED) is 0.743. The highest BCUT2D eigenvalue weighted by Gasteiger charge is 2.33. The average Bonchev–Trinajstić information content (AvgIpc) is 2.75. The maximum atomic E-state index is 12.6. The summed E-state index contributed by atoms with van der Waals surface area (Å²) in [6, 6.07) is 4.29. The van der Waals surface area contributed by atoms with Crippen molar-refractivity contribution in [3.63, 3.8) is 0 Å². The Balaban J connectivity index is 0.00000124. The van der Waals surface area contributed by atoms with E-state index in [4.69, 9.17) is 10.5 Å². The molecular weight excluding hydrogens is 380 g/mol. The van der Waals surface area contributed by atoms with Crippen molar-refractivity contribution in [1.29, 1.82) is 0 Å². The fraction of sp³-hybridized carbons (Fsp3) is 0.696. The zero-order chi connectivity index (χ0) is 21.5. The molecule has 30 heavy (non-hydrogen) atoms. The molecule has 7 nitrogen and oxygen atoms in total. The van der Waals surface area contributed by atoms with Crippen LogP contribution in [0.25, 0.3) is 0 Å². The number of hydrogen-bond donors (Lipinski definition) is 1. The second-order valence-corrected chi connectivity index (χ2v) is 8.29. The number of piperidine rings is 2. The van der Waals surface area contributed by atoms with Gasteiger partial charge >= 0.3 is 5.97 Å². The highest BCUT2D eigenvalue weighted by atomic mass is 16.5. The molecule has 0 atom stereocenters. The zero-order valence-corrected chi connectivity index (χ0v) is 18.4. The number of nitrogens with zero attached hydrogens (tertiary/aromatic N) is 3. The molecule has 3 aliphatic rings. The van der Waals surface area contributed by atoms with Gasteiger partial charge in [0.1, 0.15) is 11.9 Å². The Labute approximate surface area is 180 Å². The molecule has 0 aromatic carbocycles. The molecule has 2 N–H and O–H groups in total. The first kappa shape index (κ1) is 22.5. The predicted molar refractivity (Wildman–Crippen MR) is 117 cm³/mol. The fourth-order valence-electron chi connectivity index (χ4n) is 4.43. The largest absolute Gasteiger partial charge is 0.462 e. The van der Waals surface area contributed by atoms with Gasteiger partial charge in [0, 0.05) is 38.2 Å². The van der Waals surface area contributed by atoms with E-state index in [1.165, 1.54) is 25.5 Å². The summed E-state index contributed by atoms with van der Waals surface area (Å²) < 4.78 is 5.84. The number of carbonyl (C=O) groups excluding carboxylic acids is 2. The minimum atomic E-state index is -0.469. The summed E-state index contributed by atoms with van der Waals surface area (Å²) in [6.07, 6.45) is 9.02. The SMILES string of the molecule is CC.NC(=O)c1ccc(N2CCC(OC(=O)C3CCN(C4CCC4)CC3)CC2)nc1. The standard InChI is InChI=1S/C21H30N4O3.C2H6/c22-20(26)16-4-5-19(23-14-16)25-12-8-18(9-13-25)28-21(27)15-6-10-24(11-7-15)17-2-1-3-17;1-2/h4-5,14-15,17-18H,1-3,6-13H2,(H2,22,26);1-2H3. The van der Waals surface area contributed by atoms with E-state index >= 15 is 0 Å². The van der Waals surface area contributed by atoms with Crippen LogP contribution < -0.4 is 10.6 Å². The molecule has 0 bridgehead atoms. The van der Waals surface area contributed by atoms with Crippen molar-refractivity contribution in [3.05, 3.63) is 23.9 Å². The number of esters is 1. The number of anilines is 1. The maximum absolute atomic E-state index is 12.6. The Morgan fingerprint density at radius 2 is 1.67 bits per heavy atom. The van der Waals surface area contributed by atoms with Gasteiger partial charge in [0.2, 0.25) is 5.91 Å². The molecule has 3 fully saturated rings. The first-order valence-corrected chi connectivity index (χ1v) is 11.6.